The first-order valence-corrected chi connectivity index (χ1v) is 10.3. The molecule has 1 aromatic carbocycles. The van der Waals surface area contributed by atoms with Crippen LogP contribution in [0.2, 0.25) is 0 Å². The average molecular weight is 413 g/mol. The summed E-state index contributed by atoms with van der Waals surface area (Å²) in [5, 5.41) is 7.76. The third-order valence-corrected chi connectivity index (χ3v) is 5.24. The number of carbonyl (C=O) groups is 2. The Balaban J connectivity index is 1.78. The molecule has 0 aliphatic carbocycles. The van der Waals surface area contributed by atoms with Gasteiger partial charge in [-0.1, -0.05) is 20.8 Å². The summed E-state index contributed by atoms with van der Waals surface area (Å²) in [6.45, 7) is 12.8. The van der Waals surface area contributed by atoms with Crippen LogP contribution in [-0.2, 0) is 20.5 Å². The van der Waals surface area contributed by atoms with Gasteiger partial charge < -0.3 is 15.0 Å². The predicted molar refractivity (Wildman–Crippen MR) is 118 cm³/mol. The van der Waals surface area contributed by atoms with E-state index in [-0.39, 0.29) is 29.2 Å². The molecule has 1 aliphatic rings. The monoisotopic (exact) mass is 412 g/mol. The van der Waals surface area contributed by atoms with Crippen LogP contribution in [0.4, 0.5) is 11.5 Å². The van der Waals surface area contributed by atoms with E-state index in [1.54, 1.807) is 12.0 Å². The Labute approximate surface area is 178 Å². The van der Waals surface area contributed by atoms with Crippen molar-refractivity contribution in [3.63, 3.8) is 0 Å². The molecule has 1 atom stereocenters. The molecule has 1 unspecified atom stereocenters. The van der Waals surface area contributed by atoms with Crippen LogP contribution in [0.1, 0.15) is 53.7 Å². The standard InChI is InChI=1S/C23H32N4O3/c1-22(2,3)18-13-19(27(25-18)23(4,5)6)24-21(29)15-12-20(28)26(14-15)16-8-10-17(30-7)11-9-16/h8-11,13,15H,12,14H2,1-7H3,(H,24,29). The van der Waals surface area contributed by atoms with E-state index >= 15 is 0 Å². The van der Waals surface area contributed by atoms with E-state index in [0.717, 1.165) is 17.1 Å². The zero-order valence-electron chi connectivity index (χ0n) is 18.9. The average Bonchev–Trinajstić information content (AvgIpc) is 3.25. The summed E-state index contributed by atoms with van der Waals surface area (Å²) in [6, 6.07) is 9.22. The Morgan fingerprint density at radius 2 is 1.77 bits per heavy atom. The first kappa shape index (κ1) is 21.9. The highest BCUT2D eigenvalue weighted by atomic mass is 16.5. The van der Waals surface area contributed by atoms with E-state index in [1.807, 2.05) is 55.8 Å². The first-order valence-electron chi connectivity index (χ1n) is 10.3. The minimum Gasteiger partial charge on any atom is -0.497 e. The number of nitrogens with zero attached hydrogens (tertiary/aromatic N) is 3. The number of hydrogen-bond acceptors (Lipinski definition) is 4. The van der Waals surface area contributed by atoms with E-state index in [1.165, 1.54) is 0 Å². The van der Waals surface area contributed by atoms with Crippen LogP contribution in [0.25, 0.3) is 0 Å². The molecule has 3 rings (SSSR count). The SMILES string of the molecule is COc1ccc(N2CC(C(=O)Nc3cc(C(C)(C)C)nn3C(C)(C)C)CC2=O)cc1. The molecule has 2 amide bonds. The summed E-state index contributed by atoms with van der Waals surface area (Å²) in [5.74, 6) is 0.754. The molecule has 1 fully saturated rings. The van der Waals surface area contributed by atoms with Gasteiger partial charge in [0.15, 0.2) is 0 Å². The van der Waals surface area contributed by atoms with Crippen molar-refractivity contribution in [3.8, 4) is 5.75 Å². The lowest BCUT2D eigenvalue weighted by atomic mass is 9.92. The Morgan fingerprint density at radius 3 is 2.30 bits per heavy atom. The largest absolute Gasteiger partial charge is 0.497 e. The minimum atomic E-state index is -0.416. The zero-order valence-corrected chi connectivity index (χ0v) is 18.9. The number of ether oxygens (including phenoxy) is 1. The summed E-state index contributed by atoms with van der Waals surface area (Å²) in [4.78, 5) is 27.2. The van der Waals surface area contributed by atoms with Crippen molar-refractivity contribution in [2.45, 2.75) is 58.9 Å². The minimum absolute atomic E-state index is 0.0555. The van der Waals surface area contributed by atoms with Crippen molar-refractivity contribution in [1.82, 2.24) is 9.78 Å². The van der Waals surface area contributed by atoms with Crippen LogP contribution in [0.5, 0.6) is 5.75 Å². The molecule has 0 bridgehead atoms. The van der Waals surface area contributed by atoms with E-state index in [4.69, 9.17) is 9.84 Å². The quantitative estimate of drug-likeness (QED) is 0.825. The molecule has 1 aliphatic heterocycles. The van der Waals surface area contributed by atoms with Gasteiger partial charge in [0.2, 0.25) is 11.8 Å². The molecule has 0 radical (unpaired) electrons. The van der Waals surface area contributed by atoms with Crippen molar-refractivity contribution in [3.05, 3.63) is 36.0 Å². The zero-order chi connectivity index (χ0) is 22.3. The fourth-order valence-corrected chi connectivity index (χ4v) is 3.47. The third kappa shape index (κ3) is 4.50. The van der Waals surface area contributed by atoms with Gasteiger partial charge in [-0.3, -0.25) is 9.59 Å². The predicted octanol–water partition coefficient (Wildman–Crippen LogP) is 3.94. The highest BCUT2D eigenvalue weighted by Crippen LogP contribution is 2.30. The van der Waals surface area contributed by atoms with Gasteiger partial charge in [-0.2, -0.15) is 5.10 Å². The summed E-state index contributed by atoms with van der Waals surface area (Å²) in [5.41, 5.74) is 1.26. The highest BCUT2D eigenvalue weighted by Gasteiger charge is 2.36. The second kappa shape index (κ2) is 7.78. The van der Waals surface area contributed by atoms with Gasteiger partial charge in [0.05, 0.1) is 24.3 Å². The first-order chi connectivity index (χ1) is 13.9. The normalized spacial score (nSPS) is 17.4. The van der Waals surface area contributed by atoms with Crippen LogP contribution >= 0.6 is 0 Å². The molecule has 0 spiro atoms. The van der Waals surface area contributed by atoms with Gasteiger partial charge in [-0.05, 0) is 45.0 Å². The number of aromatic nitrogens is 2. The van der Waals surface area contributed by atoms with Crippen LogP contribution in [-0.4, -0.2) is 35.2 Å². The maximum atomic E-state index is 13.0. The van der Waals surface area contributed by atoms with Crippen molar-refractivity contribution in [2.24, 2.45) is 5.92 Å². The maximum absolute atomic E-state index is 13.0. The number of benzene rings is 1. The second-order valence-corrected chi connectivity index (χ2v) is 9.84. The van der Waals surface area contributed by atoms with Crippen LogP contribution < -0.4 is 15.0 Å². The fourth-order valence-electron chi connectivity index (χ4n) is 3.47. The van der Waals surface area contributed by atoms with Crippen LogP contribution in [0.15, 0.2) is 30.3 Å². The topological polar surface area (TPSA) is 76.5 Å². The number of carbonyl (C=O) groups excluding carboxylic acids is 2. The van der Waals surface area contributed by atoms with Gasteiger partial charge in [0.1, 0.15) is 11.6 Å². The summed E-state index contributed by atoms with van der Waals surface area (Å²) >= 11 is 0. The molecule has 162 valence electrons. The Morgan fingerprint density at radius 1 is 1.13 bits per heavy atom. The van der Waals surface area contributed by atoms with Gasteiger partial charge in [-0.15, -0.1) is 0 Å². The van der Waals surface area contributed by atoms with E-state index < -0.39 is 5.92 Å². The molecule has 2 aromatic rings. The number of hydrogen-bond donors (Lipinski definition) is 1. The molecular formula is C23H32N4O3. The fraction of sp³-hybridized carbons (Fsp3) is 0.522. The van der Waals surface area contributed by atoms with E-state index in [0.29, 0.717) is 12.4 Å². The lowest BCUT2D eigenvalue weighted by molar-refractivity contribution is -0.122. The maximum Gasteiger partial charge on any atom is 0.230 e. The molecule has 1 N–H and O–H groups in total. The lowest BCUT2D eigenvalue weighted by Crippen LogP contribution is -2.31. The third-order valence-electron chi connectivity index (χ3n) is 5.24. The molecule has 1 saturated heterocycles. The Hall–Kier alpha value is -2.83. The summed E-state index contributed by atoms with van der Waals surface area (Å²) < 4.78 is 7.02. The molecule has 30 heavy (non-hydrogen) atoms. The summed E-state index contributed by atoms with van der Waals surface area (Å²) in [7, 11) is 1.60. The van der Waals surface area contributed by atoms with Gasteiger partial charge >= 0.3 is 0 Å². The molecule has 7 heteroatoms. The molecular weight excluding hydrogens is 380 g/mol. The van der Waals surface area contributed by atoms with Crippen molar-refractivity contribution < 1.29 is 14.3 Å². The van der Waals surface area contributed by atoms with Gasteiger partial charge in [0, 0.05) is 30.1 Å². The lowest BCUT2D eigenvalue weighted by Gasteiger charge is -2.23. The van der Waals surface area contributed by atoms with Crippen molar-refractivity contribution in [1.29, 1.82) is 0 Å². The highest BCUT2D eigenvalue weighted by molar-refractivity contribution is 6.03. The number of anilines is 2. The van der Waals surface area contributed by atoms with Crippen LogP contribution in [0, 0.1) is 5.92 Å². The number of methoxy groups -OCH3 is 1. The molecule has 0 saturated carbocycles. The van der Waals surface area contributed by atoms with Gasteiger partial charge in [0.25, 0.3) is 0 Å². The van der Waals surface area contributed by atoms with E-state index in [2.05, 4.69) is 26.1 Å². The molecule has 2 heterocycles. The number of nitrogens with one attached hydrogen (secondary N) is 1. The van der Waals surface area contributed by atoms with Gasteiger partial charge in [-0.25, -0.2) is 4.68 Å². The Kier molecular flexibility index (Phi) is 5.67. The number of rotatable bonds is 4. The Bertz CT molecular complexity index is 933. The second-order valence-electron chi connectivity index (χ2n) is 9.84. The van der Waals surface area contributed by atoms with Crippen molar-refractivity contribution >= 4 is 23.3 Å². The summed E-state index contributed by atoms with van der Waals surface area (Å²) in [6.07, 6.45) is 0.188. The van der Waals surface area contributed by atoms with E-state index in [9.17, 15) is 9.59 Å². The number of amides is 2. The molecule has 7 nitrogen and oxygen atoms in total. The molecule has 1 aromatic heterocycles. The smallest absolute Gasteiger partial charge is 0.230 e. The van der Waals surface area contributed by atoms with Crippen molar-refractivity contribution in [2.75, 3.05) is 23.9 Å². The van der Waals surface area contributed by atoms with Crippen LogP contribution in [0.3, 0.4) is 0 Å².